The van der Waals surface area contributed by atoms with Crippen molar-refractivity contribution in [3.63, 3.8) is 0 Å². The van der Waals surface area contributed by atoms with Crippen LogP contribution >= 0.6 is 11.8 Å². The molecule has 9 nitrogen and oxygen atoms in total. The van der Waals surface area contributed by atoms with Gasteiger partial charge in [-0.15, -0.1) is 11.8 Å². The Kier molecular flexibility index (Phi) is 9.62. The average molecular weight is 558 g/mol. The lowest BCUT2D eigenvalue weighted by atomic mass is 10.2. The molecule has 0 atom stereocenters. The standard InChI is InChI=1S/C30H27N3O6S/c1-37-22-13-14-25(27(18-22)38-2)32-28(34)19-40-24-12-6-10-21(16-24)31-30(36)26(17-23-11-7-15-39-23)33-29(35)20-8-4-3-5-9-20/h3-18H,19H2,1-2H3,(H,31,36)(H,32,34)(H,33,35)/b26-17-. The molecule has 204 valence electrons. The molecule has 0 radical (unpaired) electrons. The molecule has 0 saturated carbocycles. The second-order valence-corrected chi connectivity index (χ2v) is 9.33. The number of benzene rings is 3. The molecule has 0 fully saturated rings. The van der Waals surface area contributed by atoms with Gasteiger partial charge in [-0.3, -0.25) is 14.4 Å². The highest BCUT2D eigenvalue weighted by Gasteiger charge is 2.16. The van der Waals surface area contributed by atoms with Gasteiger partial charge in [0.2, 0.25) is 5.91 Å². The lowest BCUT2D eigenvalue weighted by molar-refractivity contribution is -0.114. The van der Waals surface area contributed by atoms with E-state index in [2.05, 4.69) is 16.0 Å². The maximum absolute atomic E-state index is 13.2. The van der Waals surface area contributed by atoms with Crippen molar-refractivity contribution in [1.29, 1.82) is 0 Å². The summed E-state index contributed by atoms with van der Waals surface area (Å²) in [5.74, 6) is 0.440. The van der Waals surface area contributed by atoms with Crippen molar-refractivity contribution in [2.45, 2.75) is 4.90 Å². The number of ether oxygens (including phenoxy) is 2. The zero-order chi connectivity index (χ0) is 28.3. The van der Waals surface area contributed by atoms with Gasteiger partial charge in [0.25, 0.3) is 11.8 Å². The van der Waals surface area contributed by atoms with Crippen molar-refractivity contribution in [1.82, 2.24) is 5.32 Å². The van der Waals surface area contributed by atoms with E-state index in [1.807, 2.05) is 6.07 Å². The number of carbonyl (C=O) groups excluding carboxylic acids is 3. The van der Waals surface area contributed by atoms with Crippen LogP contribution < -0.4 is 25.4 Å². The molecule has 3 N–H and O–H groups in total. The Labute approximate surface area is 235 Å². The Hall–Kier alpha value is -4.96. The van der Waals surface area contributed by atoms with Crippen LogP contribution in [0.15, 0.2) is 106 Å². The molecule has 0 unspecified atom stereocenters. The molecule has 0 aliphatic carbocycles. The molecule has 0 spiro atoms. The van der Waals surface area contributed by atoms with Gasteiger partial charge in [-0.1, -0.05) is 24.3 Å². The first kappa shape index (κ1) is 28.1. The smallest absolute Gasteiger partial charge is 0.272 e. The normalized spacial score (nSPS) is 10.9. The summed E-state index contributed by atoms with van der Waals surface area (Å²) in [6, 6.07) is 24.1. The van der Waals surface area contributed by atoms with Crippen LogP contribution in [-0.2, 0) is 9.59 Å². The molecule has 3 aromatic carbocycles. The molecule has 1 heterocycles. The largest absolute Gasteiger partial charge is 0.497 e. The van der Waals surface area contributed by atoms with Crippen molar-refractivity contribution in [2.24, 2.45) is 0 Å². The summed E-state index contributed by atoms with van der Waals surface area (Å²) >= 11 is 1.30. The Morgan fingerprint density at radius 3 is 2.42 bits per heavy atom. The molecule has 0 aliphatic heterocycles. The van der Waals surface area contributed by atoms with Crippen LogP contribution in [0.3, 0.4) is 0 Å². The number of furan rings is 1. The van der Waals surface area contributed by atoms with E-state index in [0.717, 1.165) is 4.90 Å². The molecule has 4 rings (SSSR count). The van der Waals surface area contributed by atoms with Crippen molar-refractivity contribution < 1.29 is 28.3 Å². The summed E-state index contributed by atoms with van der Waals surface area (Å²) in [6.07, 6.45) is 2.93. The molecule has 0 aliphatic rings. The average Bonchev–Trinajstić information content (AvgIpc) is 3.50. The van der Waals surface area contributed by atoms with Crippen LogP contribution in [0.2, 0.25) is 0 Å². The minimum absolute atomic E-state index is 0.00896. The highest BCUT2D eigenvalue weighted by Crippen LogP contribution is 2.29. The second kappa shape index (κ2) is 13.7. The third kappa shape index (κ3) is 7.78. The predicted molar refractivity (Wildman–Crippen MR) is 155 cm³/mol. The fourth-order valence-electron chi connectivity index (χ4n) is 3.56. The van der Waals surface area contributed by atoms with Crippen LogP contribution in [0.25, 0.3) is 6.08 Å². The van der Waals surface area contributed by atoms with Gasteiger partial charge in [-0.2, -0.15) is 0 Å². The minimum Gasteiger partial charge on any atom is -0.497 e. The van der Waals surface area contributed by atoms with Gasteiger partial charge in [0.05, 0.1) is 31.9 Å². The van der Waals surface area contributed by atoms with E-state index in [1.54, 1.807) is 86.0 Å². The van der Waals surface area contributed by atoms with Gasteiger partial charge in [0.1, 0.15) is 23.0 Å². The van der Waals surface area contributed by atoms with Crippen LogP contribution in [-0.4, -0.2) is 37.7 Å². The third-order valence-corrected chi connectivity index (χ3v) is 6.50. The van der Waals surface area contributed by atoms with Crippen molar-refractivity contribution in [2.75, 3.05) is 30.6 Å². The Bertz CT molecular complexity index is 1500. The van der Waals surface area contributed by atoms with Crippen LogP contribution in [0, 0.1) is 0 Å². The summed E-state index contributed by atoms with van der Waals surface area (Å²) in [5, 5.41) is 8.29. The molecule has 1 aromatic heterocycles. The first-order valence-electron chi connectivity index (χ1n) is 12.1. The second-order valence-electron chi connectivity index (χ2n) is 8.28. The SMILES string of the molecule is COc1ccc(NC(=O)CSc2cccc(NC(=O)/C(=C/c3ccco3)NC(=O)c3ccccc3)c2)c(OC)c1. The lowest BCUT2D eigenvalue weighted by Crippen LogP contribution is -2.30. The number of hydrogen-bond acceptors (Lipinski definition) is 7. The lowest BCUT2D eigenvalue weighted by Gasteiger charge is -2.12. The van der Waals surface area contributed by atoms with Gasteiger partial charge in [-0.25, -0.2) is 0 Å². The summed E-state index contributed by atoms with van der Waals surface area (Å²) in [4.78, 5) is 39.2. The zero-order valence-corrected chi connectivity index (χ0v) is 22.6. The van der Waals surface area contributed by atoms with E-state index in [-0.39, 0.29) is 17.4 Å². The van der Waals surface area contributed by atoms with Crippen LogP contribution in [0.1, 0.15) is 16.1 Å². The molecule has 4 aromatic rings. The maximum atomic E-state index is 13.2. The third-order valence-electron chi connectivity index (χ3n) is 5.50. The van der Waals surface area contributed by atoms with Crippen molar-refractivity contribution in [3.05, 3.63) is 108 Å². The monoisotopic (exact) mass is 557 g/mol. The van der Waals surface area contributed by atoms with E-state index < -0.39 is 11.8 Å². The van der Waals surface area contributed by atoms with Crippen LogP contribution in [0.5, 0.6) is 11.5 Å². The summed E-state index contributed by atoms with van der Waals surface area (Å²) in [5.41, 5.74) is 1.44. The molecule has 0 bridgehead atoms. The number of nitrogens with one attached hydrogen (secondary N) is 3. The minimum atomic E-state index is -0.535. The van der Waals surface area contributed by atoms with E-state index in [9.17, 15) is 14.4 Å². The number of rotatable bonds is 11. The highest BCUT2D eigenvalue weighted by molar-refractivity contribution is 8.00. The quantitative estimate of drug-likeness (QED) is 0.166. The van der Waals surface area contributed by atoms with E-state index in [0.29, 0.717) is 34.2 Å². The molecule has 3 amide bonds. The Balaban J connectivity index is 1.40. The molecular weight excluding hydrogens is 530 g/mol. The summed E-state index contributed by atoms with van der Waals surface area (Å²) in [6.45, 7) is 0. The van der Waals surface area contributed by atoms with E-state index in [4.69, 9.17) is 13.9 Å². The van der Waals surface area contributed by atoms with E-state index in [1.165, 1.54) is 31.2 Å². The van der Waals surface area contributed by atoms with Gasteiger partial charge in [0, 0.05) is 28.3 Å². The summed E-state index contributed by atoms with van der Waals surface area (Å²) in [7, 11) is 3.07. The molecule has 40 heavy (non-hydrogen) atoms. The Morgan fingerprint density at radius 2 is 1.70 bits per heavy atom. The van der Waals surface area contributed by atoms with Crippen molar-refractivity contribution in [3.8, 4) is 11.5 Å². The van der Waals surface area contributed by atoms with Gasteiger partial charge in [0.15, 0.2) is 0 Å². The maximum Gasteiger partial charge on any atom is 0.272 e. The number of anilines is 2. The molecular formula is C30H27N3O6S. The van der Waals surface area contributed by atoms with Gasteiger partial charge >= 0.3 is 0 Å². The molecule has 0 saturated heterocycles. The van der Waals surface area contributed by atoms with Gasteiger partial charge < -0.3 is 29.8 Å². The predicted octanol–water partition coefficient (Wildman–Crippen LogP) is 5.44. The highest BCUT2D eigenvalue weighted by atomic mass is 32.2. The summed E-state index contributed by atoms with van der Waals surface area (Å²) < 4.78 is 15.8. The number of carbonyl (C=O) groups is 3. The number of thioether (sulfide) groups is 1. The topological polar surface area (TPSA) is 119 Å². The first-order chi connectivity index (χ1) is 19.4. The Morgan fingerprint density at radius 1 is 0.875 bits per heavy atom. The zero-order valence-electron chi connectivity index (χ0n) is 21.8. The molecule has 10 heteroatoms. The number of hydrogen-bond donors (Lipinski definition) is 3. The number of amides is 3. The first-order valence-corrected chi connectivity index (χ1v) is 13.1. The number of methoxy groups -OCH3 is 2. The van der Waals surface area contributed by atoms with E-state index >= 15 is 0 Å². The van der Waals surface area contributed by atoms with Crippen molar-refractivity contribution >= 4 is 46.9 Å². The van der Waals surface area contributed by atoms with Gasteiger partial charge in [-0.05, 0) is 54.6 Å². The van der Waals surface area contributed by atoms with Crippen LogP contribution in [0.4, 0.5) is 11.4 Å². The fraction of sp³-hybridized carbons (Fsp3) is 0.100. The fourth-order valence-corrected chi connectivity index (χ4v) is 4.31.